The van der Waals surface area contributed by atoms with Crippen LogP contribution in [0.15, 0.2) is 42.5 Å². The molecule has 1 aliphatic carbocycles. The average Bonchev–Trinajstić information content (AvgIpc) is 3.24. The lowest BCUT2D eigenvalue weighted by Crippen LogP contribution is -2.37. The first kappa shape index (κ1) is 17.6. The number of methoxy groups -OCH3 is 1. The van der Waals surface area contributed by atoms with Gasteiger partial charge >= 0.3 is 0 Å². The highest BCUT2D eigenvalue weighted by atomic mass is 35.5. The molecular weight excluding hydrogens is 372 g/mol. The van der Waals surface area contributed by atoms with Crippen molar-refractivity contribution >= 4 is 34.8 Å². The van der Waals surface area contributed by atoms with Crippen LogP contribution >= 0.6 is 11.6 Å². The molecule has 3 unspecified atom stereocenters. The van der Waals surface area contributed by atoms with E-state index < -0.39 is 28.3 Å². The number of nitro benzene ring substituents is 1. The number of benzene rings is 2. The summed E-state index contributed by atoms with van der Waals surface area (Å²) in [5.74, 6) is -1.26. The third kappa shape index (κ3) is 2.18. The average molecular weight is 387 g/mol. The van der Waals surface area contributed by atoms with Crippen molar-refractivity contribution in [3.05, 3.63) is 68.7 Å². The van der Waals surface area contributed by atoms with Crippen molar-refractivity contribution in [2.24, 2.45) is 0 Å². The molecule has 7 nitrogen and oxygen atoms in total. The van der Waals surface area contributed by atoms with Crippen LogP contribution in [0.5, 0.6) is 0 Å². The molecule has 1 heterocycles. The standard InChI is InChI=1S/C19H15ClN2O5/c1-10(23)21-14-9-13(20)15(22(25)26)8-12(14)19(18(21)24)16(17(19)27-2)11-6-4-3-5-7-11/h3-9,16-17H,1-2H3. The van der Waals surface area contributed by atoms with E-state index in [0.717, 1.165) is 10.5 Å². The molecule has 2 amide bonds. The van der Waals surface area contributed by atoms with Crippen LogP contribution in [0.3, 0.4) is 0 Å². The fraction of sp³-hybridized carbons (Fsp3) is 0.263. The third-order valence-corrected chi connectivity index (χ3v) is 5.67. The van der Waals surface area contributed by atoms with Gasteiger partial charge in [-0.1, -0.05) is 41.9 Å². The van der Waals surface area contributed by atoms with Crippen molar-refractivity contribution in [3.8, 4) is 0 Å². The Hall–Kier alpha value is -2.77. The molecule has 1 spiro atoms. The van der Waals surface area contributed by atoms with Crippen LogP contribution in [0, 0.1) is 10.1 Å². The van der Waals surface area contributed by atoms with Gasteiger partial charge in [-0.25, -0.2) is 4.90 Å². The Labute approximate surface area is 159 Å². The van der Waals surface area contributed by atoms with Crippen LogP contribution in [-0.2, 0) is 19.7 Å². The highest BCUT2D eigenvalue weighted by Crippen LogP contribution is 2.68. The second-order valence-electron chi connectivity index (χ2n) is 6.65. The molecule has 27 heavy (non-hydrogen) atoms. The van der Waals surface area contributed by atoms with Gasteiger partial charge in [0.1, 0.15) is 10.4 Å². The van der Waals surface area contributed by atoms with Gasteiger partial charge in [0.25, 0.3) is 5.69 Å². The van der Waals surface area contributed by atoms with E-state index in [1.165, 1.54) is 26.2 Å². The highest BCUT2D eigenvalue weighted by molar-refractivity contribution is 6.34. The molecule has 1 aliphatic heterocycles. The van der Waals surface area contributed by atoms with E-state index in [1.807, 2.05) is 30.3 Å². The molecule has 0 aromatic heterocycles. The molecule has 1 fully saturated rings. The molecular formula is C19H15ClN2O5. The molecule has 3 atom stereocenters. The Morgan fingerprint density at radius 2 is 1.96 bits per heavy atom. The molecule has 2 aromatic carbocycles. The molecule has 2 aliphatic rings. The highest BCUT2D eigenvalue weighted by Gasteiger charge is 2.76. The number of fused-ring (bicyclic) bond motifs is 2. The number of nitro groups is 1. The van der Waals surface area contributed by atoms with E-state index in [-0.39, 0.29) is 22.3 Å². The summed E-state index contributed by atoms with van der Waals surface area (Å²) in [6, 6.07) is 11.9. The summed E-state index contributed by atoms with van der Waals surface area (Å²) in [7, 11) is 1.49. The second kappa shape index (κ2) is 5.87. The Kier molecular flexibility index (Phi) is 3.83. The number of anilines is 1. The maximum absolute atomic E-state index is 13.3. The first-order valence-corrected chi connectivity index (χ1v) is 8.64. The molecule has 2 aromatic rings. The first-order valence-electron chi connectivity index (χ1n) is 8.27. The summed E-state index contributed by atoms with van der Waals surface area (Å²) < 4.78 is 5.59. The number of amides is 2. The number of nitrogens with zero attached hydrogens (tertiary/aromatic N) is 2. The zero-order valence-electron chi connectivity index (χ0n) is 14.5. The fourth-order valence-corrected chi connectivity index (χ4v) is 4.51. The van der Waals surface area contributed by atoms with Gasteiger partial charge < -0.3 is 4.74 Å². The lowest BCUT2D eigenvalue weighted by atomic mass is 9.91. The van der Waals surface area contributed by atoms with E-state index in [1.54, 1.807) is 0 Å². The maximum atomic E-state index is 13.3. The van der Waals surface area contributed by atoms with E-state index >= 15 is 0 Å². The quantitative estimate of drug-likeness (QED) is 0.597. The Morgan fingerprint density at radius 1 is 1.30 bits per heavy atom. The third-order valence-electron chi connectivity index (χ3n) is 5.37. The summed E-state index contributed by atoms with van der Waals surface area (Å²) in [6.07, 6.45) is -0.531. The number of hydrogen-bond acceptors (Lipinski definition) is 5. The summed E-state index contributed by atoms with van der Waals surface area (Å²) in [4.78, 5) is 37.4. The van der Waals surface area contributed by atoms with E-state index in [4.69, 9.17) is 16.3 Å². The smallest absolute Gasteiger partial charge is 0.288 e. The molecule has 1 saturated carbocycles. The monoisotopic (exact) mass is 386 g/mol. The minimum atomic E-state index is -1.17. The summed E-state index contributed by atoms with van der Waals surface area (Å²) in [5.41, 5.74) is 0.0724. The molecule has 138 valence electrons. The normalized spacial score (nSPS) is 25.6. The molecule has 0 saturated heterocycles. The van der Waals surface area contributed by atoms with Gasteiger partial charge in [-0.3, -0.25) is 19.7 Å². The Balaban J connectivity index is 1.98. The molecule has 0 N–H and O–H groups in total. The van der Waals surface area contributed by atoms with Crippen molar-refractivity contribution in [2.45, 2.75) is 24.4 Å². The van der Waals surface area contributed by atoms with E-state index in [0.29, 0.717) is 5.56 Å². The minimum Gasteiger partial charge on any atom is -0.379 e. The van der Waals surface area contributed by atoms with Gasteiger partial charge in [0, 0.05) is 31.6 Å². The van der Waals surface area contributed by atoms with Crippen LogP contribution in [0.1, 0.15) is 24.0 Å². The topological polar surface area (TPSA) is 89.8 Å². The molecule has 0 radical (unpaired) electrons. The molecule has 8 heteroatoms. The van der Waals surface area contributed by atoms with E-state index in [9.17, 15) is 19.7 Å². The van der Waals surface area contributed by atoms with Crippen molar-refractivity contribution in [3.63, 3.8) is 0 Å². The predicted octanol–water partition coefficient (Wildman–Crippen LogP) is 3.19. The number of halogens is 1. The molecule has 0 bridgehead atoms. The second-order valence-corrected chi connectivity index (χ2v) is 7.06. The van der Waals surface area contributed by atoms with Gasteiger partial charge in [-0.05, 0) is 11.6 Å². The van der Waals surface area contributed by atoms with Crippen LogP contribution in [0.4, 0.5) is 11.4 Å². The fourth-order valence-electron chi connectivity index (χ4n) is 4.28. The van der Waals surface area contributed by atoms with Crippen molar-refractivity contribution in [1.29, 1.82) is 0 Å². The van der Waals surface area contributed by atoms with Gasteiger partial charge in [-0.2, -0.15) is 0 Å². The number of carbonyl (C=O) groups excluding carboxylic acids is 2. The lowest BCUT2D eigenvalue weighted by Gasteiger charge is -2.13. The van der Waals surface area contributed by atoms with Crippen molar-refractivity contribution < 1.29 is 19.2 Å². The maximum Gasteiger partial charge on any atom is 0.288 e. The number of rotatable bonds is 3. The van der Waals surface area contributed by atoms with E-state index in [2.05, 4.69) is 0 Å². The SMILES string of the molecule is COC1C(c2ccccc2)C12C(=O)N(C(C)=O)c1cc(Cl)c([N+](=O)[O-])cc12. The zero-order chi connectivity index (χ0) is 19.5. The lowest BCUT2D eigenvalue weighted by molar-refractivity contribution is -0.384. The van der Waals surface area contributed by atoms with Gasteiger partial charge in [-0.15, -0.1) is 0 Å². The predicted molar refractivity (Wildman–Crippen MR) is 97.9 cm³/mol. The number of carbonyl (C=O) groups is 2. The number of imide groups is 1. The Bertz CT molecular complexity index is 993. The summed E-state index contributed by atoms with van der Waals surface area (Å²) in [6.45, 7) is 1.28. The summed E-state index contributed by atoms with van der Waals surface area (Å²) >= 11 is 6.04. The van der Waals surface area contributed by atoms with Crippen LogP contribution in [0.25, 0.3) is 0 Å². The number of hydrogen-bond donors (Lipinski definition) is 0. The molecule has 4 rings (SSSR count). The van der Waals surface area contributed by atoms with Crippen LogP contribution in [-0.4, -0.2) is 30.0 Å². The van der Waals surface area contributed by atoms with Crippen molar-refractivity contribution in [2.75, 3.05) is 12.0 Å². The minimum absolute atomic E-state index is 0.124. The van der Waals surface area contributed by atoms with Gasteiger partial charge in [0.2, 0.25) is 11.8 Å². The summed E-state index contributed by atoms with van der Waals surface area (Å²) in [5, 5.41) is 11.3. The van der Waals surface area contributed by atoms with Gasteiger partial charge in [0.05, 0.1) is 16.7 Å². The zero-order valence-corrected chi connectivity index (χ0v) is 15.3. The van der Waals surface area contributed by atoms with Crippen LogP contribution < -0.4 is 4.90 Å². The first-order chi connectivity index (χ1) is 12.9. The van der Waals surface area contributed by atoms with Crippen molar-refractivity contribution in [1.82, 2.24) is 0 Å². The van der Waals surface area contributed by atoms with Gasteiger partial charge in [0.15, 0.2) is 0 Å². The Morgan fingerprint density at radius 3 is 2.52 bits per heavy atom. The number of ether oxygens (including phenoxy) is 1. The van der Waals surface area contributed by atoms with Crippen LogP contribution in [0.2, 0.25) is 5.02 Å². The largest absolute Gasteiger partial charge is 0.379 e.